The maximum absolute atomic E-state index is 10.5. The van der Waals surface area contributed by atoms with Crippen LogP contribution in [-0.2, 0) is 0 Å². The number of rotatable bonds is 29. The van der Waals surface area contributed by atoms with E-state index in [9.17, 15) is 10.2 Å². The van der Waals surface area contributed by atoms with Gasteiger partial charge in [0, 0.05) is 35.7 Å². The molecule has 6 heteroatoms. The van der Waals surface area contributed by atoms with E-state index >= 15 is 0 Å². The number of phenols is 2. The normalized spacial score (nSPS) is 12.3. The third-order valence-corrected chi connectivity index (χ3v) is 8.61. The standard InChI is InChI=1S/C41H66N2O4/c1-4-6-8-10-12-14-16-18-20-22-28-46-38-26-24-36(40(44)30-38)33-42-32-35(3)43-34-37-25-27-39(31-41(37)45)47-29-23-21-19-17-15-13-11-9-7-5-2/h24-27,30-31,33-35,44-45H,4-23,28-29,32H2,1-3H3/t35-/m0/s1. The third-order valence-electron chi connectivity index (χ3n) is 8.61. The van der Waals surface area contributed by atoms with E-state index in [1.807, 2.05) is 31.2 Å². The van der Waals surface area contributed by atoms with Gasteiger partial charge in [0.1, 0.15) is 23.0 Å². The molecular weight excluding hydrogens is 584 g/mol. The zero-order valence-electron chi connectivity index (χ0n) is 30.1. The second kappa shape index (κ2) is 27.0. The van der Waals surface area contributed by atoms with Crippen LogP contribution in [0.4, 0.5) is 0 Å². The summed E-state index contributed by atoms with van der Waals surface area (Å²) in [5.74, 6) is 1.68. The smallest absolute Gasteiger partial charge is 0.128 e. The second-order valence-electron chi connectivity index (χ2n) is 13.1. The zero-order chi connectivity index (χ0) is 33.8. The summed E-state index contributed by atoms with van der Waals surface area (Å²) in [5, 5.41) is 20.9. The molecule has 0 aromatic heterocycles. The van der Waals surface area contributed by atoms with Crippen LogP contribution >= 0.6 is 0 Å². The van der Waals surface area contributed by atoms with E-state index < -0.39 is 0 Å². The Morgan fingerprint density at radius 3 is 1.34 bits per heavy atom. The van der Waals surface area contributed by atoms with E-state index in [1.165, 1.54) is 116 Å². The first-order valence-corrected chi connectivity index (χ1v) is 19.0. The van der Waals surface area contributed by atoms with Gasteiger partial charge < -0.3 is 19.7 Å². The quantitative estimate of drug-likeness (QED) is 0.0678. The molecule has 0 saturated heterocycles. The number of phenolic OH excluding ortho intramolecular Hbond substituents is 2. The van der Waals surface area contributed by atoms with Crippen LogP contribution in [0.5, 0.6) is 23.0 Å². The van der Waals surface area contributed by atoms with Crippen molar-refractivity contribution in [2.24, 2.45) is 9.98 Å². The molecule has 0 unspecified atom stereocenters. The molecule has 0 bridgehead atoms. The molecule has 0 spiro atoms. The summed E-state index contributed by atoms with van der Waals surface area (Å²) in [6, 6.07) is 10.7. The van der Waals surface area contributed by atoms with Crippen LogP contribution in [0, 0.1) is 0 Å². The summed E-state index contributed by atoms with van der Waals surface area (Å²) in [7, 11) is 0. The topological polar surface area (TPSA) is 83.6 Å². The molecule has 47 heavy (non-hydrogen) atoms. The molecule has 0 amide bonds. The molecule has 0 aliphatic rings. The minimum absolute atomic E-state index is 0.0799. The third kappa shape index (κ3) is 20.1. The summed E-state index contributed by atoms with van der Waals surface area (Å²) in [6.45, 7) is 8.30. The van der Waals surface area contributed by atoms with E-state index in [2.05, 4.69) is 23.8 Å². The van der Waals surface area contributed by atoms with Gasteiger partial charge in [0.2, 0.25) is 0 Å². The lowest BCUT2D eigenvalue weighted by Gasteiger charge is -2.09. The number of ether oxygens (including phenoxy) is 2. The average molecular weight is 651 g/mol. The lowest BCUT2D eigenvalue weighted by atomic mass is 10.1. The lowest BCUT2D eigenvalue weighted by molar-refractivity contribution is 0.302. The first kappa shape index (κ1) is 40.2. The van der Waals surface area contributed by atoms with Crippen LogP contribution in [0.25, 0.3) is 0 Å². The molecule has 2 N–H and O–H groups in total. The Balaban J connectivity index is 1.60. The van der Waals surface area contributed by atoms with E-state index in [0.29, 0.717) is 42.4 Å². The van der Waals surface area contributed by atoms with Crippen molar-refractivity contribution in [3.63, 3.8) is 0 Å². The SMILES string of the molecule is CCCCCCCCCCCCOc1ccc(C=NC[C@H](C)N=Cc2ccc(OCCCCCCCCCCCC)cc2O)c(O)c1. The van der Waals surface area contributed by atoms with Crippen molar-refractivity contribution in [2.45, 2.75) is 155 Å². The van der Waals surface area contributed by atoms with Crippen molar-refractivity contribution in [3.05, 3.63) is 47.5 Å². The zero-order valence-corrected chi connectivity index (χ0v) is 30.1. The monoisotopic (exact) mass is 651 g/mol. The average Bonchev–Trinajstić information content (AvgIpc) is 3.06. The van der Waals surface area contributed by atoms with E-state index in [0.717, 1.165) is 12.8 Å². The fourth-order valence-electron chi connectivity index (χ4n) is 5.56. The van der Waals surface area contributed by atoms with Crippen LogP contribution in [0.3, 0.4) is 0 Å². The number of aromatic hydroxyl groups is 2. The molecule has 0 aliphatic carbocycles. The van der Waals surface area contributed by atoms with Crippen molar-refractivity contribution >= 4 is 12.4 Å². The van der Waals surface area contributed by atoms with Crippen LogP contribution in [-0.4, -0.2) is 48.4 Å². The summed E-state index contributed by atoms with van der Waals surface area (Å²) < 4.78 is 11.7. The Hall–Kier alpha value is -3.02. The van der Waals surface area contributed by atoms with Gasteiger partial charge in [-0.15, -0.1) is 0 Å². The molecule has 0 aliphatic heterocycles. The summed E-state index contributed by atoms with van der Waals surface area (Å²) in [6.07, 6.45) is 29.3. The highest BCUT2D eigenvalue weighted by atomic mass is 16.5. The Morgan fingerprint density at radius 1 is 0.553 bits per heavy atom. The number of hydrogen-bond acceptors (Lipinski definition) is 6. The molecule has 0 heterocycles. The highest BCUT2D eigenvalue weighted by Crippen LogP contribution is 2.24. The summed E-state index contributed by atoms with van der Waals surface area (Å²) in [4.78, 5) is 9.01. The van der Waals surface area contributed by atoms with Crippen LogP contribution in [0.2, 0.25) is 0 Å². The van der Waals surface area contributed by atoms with E-state index in [1.54, 1.807) is 24.6 Å². The number of hydrogen-bond donors (Lipinski definition) is 2. The maximum atomic E-state index is 10.5. The van der Waals surface area contributed by atoms with Gasteiger partial charge in [0.15, 0.2) is 0 Å². The van der Waals surface area contributed by atoms with Crippen molar-refractivity contribution in [1.82, 2.24) is 0 Å². The molecule has 0 saturated carbocycles. The minimum Gasteiger partial charge on any atom is -0.507 e. The highest BCUT2D eigenvalue weighted by molar-refractivity contribution is 5.84. The lowest BCUT2D eigenvalue weighted by Crippen LogP contribution is -2.04. The predicted molar refractivity (Wildman–Crippen MR) is 200 cm³/mol. The Labute approximate surface area is 287 Å². The van der Waals surface area contributed by atoms with Gasteiger partial charge >= 0.3 is 0 Å². The van der Waals surface area contributed by atoms with Crippen molar-refractivity contribution in [2.75, 3.05) is 19.8 Å². The molecule has 2 rings (SSSR count). The Morgan fingerprint density at radius 2 is 0.936 bits per heavy atom. The van der Waals surface area contributed by atoms with Gasteiger partial charge in [-0.1, -0.05) is 129 Å². The first-order valence-electron chi connectivity index (χ1n) is 19.0. The van der Waals surface area contributed by atoms with Gasteiger partial charge in [0.05, 0.1) is 25.8 Å². The molecule has 0 radical (unpaired) electrons. The van der Waals surface area contributed by atoms with Crippen LogP contribution in [0.15, 0.2) is 46.4 Å². The van der Waals surface area contributed by atoms with Crippen molar-refractivity contribution < 1.29 is 19.7 Å². The van der Waals surface area contributed by atoms with Crippen LogP contribution < -0.4 is 9.47 Å². The van der Waals surface area contributed by atoms with Crippen molar-refractivity contribution in [1.29, 1.82) is 0 Å². The van der Waals surface area contributed by atoms with E-state index in [4.69, 9.17) is 9.47 Å². The van der Waals surface area contributed by atoms with E-state index in [-0.39, 0.29) is 17.5 Å². The fraction of sp³-hybridized carbons (Fsp3) is 0.659. The molecule has 1 atom stereocenters. The largest absolute Gasteiger partial charge is 0.507 e. The van der Waals surface area contributed by atoms with Gasteiger partial charge in [-0.05, 0) is 44.0 Å². The molecule has 6 nitrogen and oxygen atoms in total. The minimum atomic E-state index is -0.0799. The highest BCUT2D eigenvalue weighted by Gasteiger charge is 2.05. The number of benzene rings is 2. The number of unbranched alkanes of at least 4 members (excludes halogenated alkanes) is 18. The van der Waals surface area contributed by atoms with Crippen molar-refractivity contribution in [3.8, 4) is 23.0 Å². The Kier molecular flexibility index (Phi) is 23.1. The van der Waals surface area contributed by atoms with Gasteiger partial charge in [-0.25, -0.2) is 0 Å². The molecular formula is C41H66N2O4. The molecule has 2 aromatic carbocycles. The summed E-state index contributed by atoms with van der Waals surface area (Å²) >= 11 is 0. The fourth-order valence-corrected chi connectivity index (χ4v) is 5.56. The number of nitrogens with zero attached hydrogens (tertiary/aromatic N) is 2. The van der Waals surface area contributed by atoms with Gasteiger partial charge in [-0.2, -0.15) is 0 Å². The maximum Gasteiger partial charge on any atom is 0.128 e. The van der Waals surface area contributed by atoms with Crippen LogP contribution in [0.1, 0.15) is 160 Å². The molecule has 2 aromatic rings. The Bertz CT molecular complexity index is 1120. The second-order valence-corrected chi connectivity index (χ2v) is 13.1. The molecule has 264 valence electrons. The number of aliphatic imine (C=N–C) groups is 2. The van der Waals surface area contributed by atoms with Gasteiger partial charge in [-0.3, -0.25) is 9.98 Å². The predicted octanol–water partition coefficient (Wildman–Crippen LogP) is 11.6. The first-order chi connectivity index (χ1) is 23.0. The molecule has 0 fully saturated rings. The summed E-state index contributed by atoms with van der Waals surface area (Å²) in [5.41, 5.74) is 1.30. The van der Waals surface area contributed by atoms with Gasteiger partial charge in [0.25, 0.3) is 0 Å².